The lowest BCUT2D eigenvalue weighted by Crippen LogP contribution is -2.50. The summed E-state index contributed by atoms with van der Waals surface area (Å²) in [6.45, 7) is 1.41. The van der Waals surface area contributed by atoms with Crippen molar-refractivity contribution in [1.29, 1.82) is 0 Å². The number of nitrogens with one attached hydrogen (secondary N) is 3. The molecule has 0 aromatic heterocycles. The number of amides is 2. The summed E-state index contributed by atoms with van der Waals surface area (Å²) in [5, 5.41) is 8.76. The van der Waals surface area contributed by atoms with Crippen LogP contribution >= 0.6 is 0 Å². The van der Waals surface area contributed by atoms with Crippen molar-refractivity contribution in [1.82, 2.24) is 16.0 Å². The Labute approximate surface area is 159 Å². The van der Waals surface area contributed by atoms with Gasteiger partial charge >= 0.3 is 6.03 Å². The van der Waals surface area contributed by atoms with Crippen molar-refractivity contribution in [2.75, 3.05) is 13.2 Å². The maximum Gasteiger partial charge on any atom is 0.315 e. The molecule has 2 atom stereocenters. The third kappa shape index (κ3) is 7.58. The molecule has 0 saturated carbocycles. The van der Waals surface area contributed by atoms with E-state index in [-0.39, 0.29) is 12.1 Å². The summed E-state index contributed by atoms with van der Waals surface area (Å²) in [6, 6.07) is 18.3. The minimum absolute atomic E-state index is 0.238. The van der Waals surface area contributed by atoms with Gasteiger partial charge < -0.3 is 16.0 Å². The fourth-order valence-corrected chi connectivity index (χ4v) is 2.64. The molecule has 0 radical (unpaired) electrons. The summed E-state index contributed by atoms with van der Waals surface area (Å²) in [6.07, 6.45) is 0.600. The summed E-state index contributed by atoms with van der Waals surface area (Å²) in [7, 11) is 0. The molecule has 3 N–H and O–H groups in total. The minimum Gasteiger partial charge on any atom is -0.334 e. The highest BCUT2D eigenvalue weighted by molar-refractivity contribution is 5.84. The number of rotatable bonds is 10. The second-order valence-electron chi connectivity index (χ2n) is 6.43. The van der Waals surface area contributed by atoms with Gasteiger partial charge in [-0.1, -0.05) is 60.7 Å². The Kier molecular flexibility index (Phi) is 8.45. The van der Waals surface area contributed by atoms with Crippen molar-refractivity contribution in [2.24, 2.45) is 0 Å². The first kappa shape index (κ1) is 20.6. The monoisotopic (exact) mass is 371 g/mol. The van der Waals surface area contributed by atoms with Crippen LogP contribution in [0.4, 0.5) is 9.18 Å². The average molecular weight is 371 g/mol. The number of carbonyl (C=O) groups excluding carboxylic acids is 2. The predicted molar refractivity (Wildman–Crippen MR) is 104 cm³/mol. The van der Waals surface area contributed by atoms with Gasteiger partial charge in [-0.2, -0.15) is 0 Å². The third-order valence-electron chi connectivity index (χ3n) is 4.24. The normalized spacial score (nSPS) is 12.8. The van der Waals surface area contributed by atoms with Crippen LogP contribution in [0.2, 0.25) is 0 Å². The molecule has 2 aromatic carbocycles. The molecule has 5 nitrogen and oxygen atoms in total. The highest BCUT2D eigenvalue weighted by Crippen LogP contribution is 2.04. The lowest BCUT2D eigenvalue weighted by Gasteiger charge is -2.22. The molecule has 6 heteroatoms. The average Bonchev–Trinajstić information content (AvgIpc) is 2.71. The molecule has 0 saturated heterocycles. The number of benzene rings is 2. The van der Waals surface area contributed by atoms with Crippen molar-refractivity contribution in [2.45, 2.75) is 32.0 Å². The first-order valence-electron chi connectivity index (χ1n) is 9.02. The molecule has 2 amide bonds. The van der Waals surface area contributed by atoms with Crippen LogP contribution in [0.1, 0.15) is 18.1 Å². The number of carbonyl (C=O) groups is 2. The van der Waals surface area contributed by atoms with Gasteiger partial charge in [0, 0.05) is 19.1 Å². The molecule has 2 aromatic rings. The van der Waals surface area contributed by atoms with Gasteiger partial charge in [0.2, 0.25) is 0 Å². The van der Waals surface area contributed by atoms with Crippen LogP contribution < -0.4 is 16.0 Å². The lowest BCUT2D eigenvalue weighted by molar-refractivity contribution is -0.121. The lowest BCUT2D eigenvalue weighted by atomic mass is 10.1. The van der Waals surface area contributed by atoms with Crippen molar-refractivity contribution in [3.8, 4) is 0 Å². The van der Waals surface area contributed by atoms with E-state index in [1.807, 2.05) is 60.7 Å². The summed E-state index contributed by atoms with van der Waals surface area (Å²) in [5.74, 6) is -0.498. The molecule has 1 unspecified atom stereocenters. The van der Waals surface area contributed by atoms with Gasteiger partial charge in [0.15, 0.2) is 5.78 Å². The second kappa shape index (κ2) is 11.1. The minimum atomic E-state index is -0.998. The van der Waals surface area contributed by atoms with Gasteiger partial charge in [-0.3, -0.25) is 4.79 Å². The van der Waals surface area contributed by atoms with E-state index in [1.54, 1.807) is 6.92 Å². The molecule has 144 valence electrons. The number of hydrogen-bond acceptors (Lipinski definition) is 3. The summed E-state index contributed by atoms with van der Waals surface area (Å²) >= 11 is 0. The zero-order valence-corrected chi connectivity index (χ0v) is 15.5. The van der Waals surface area contributed by atoms with Crippen molar-refractivity contribution < 1.29 is 14.0 Å². The Morgan fingerprint density at radius 1 is 0.963 bits per heavy atom. The van der Waals surface area contributed by atoms with Crippen LogP contribution in [0, 0.1) is 0 Å². The van der Waals surface area contributed by atoms with E-state index >= 15 is 0 Å². The van der Waals surface area contributed by atoms with E-state index in [0.29, 0.717) is 19.5 Å². The zero-order valence-electron chi connectivity index (χ0n) is 15.5. The van der Waals surface area contributed by atoms with E-state index in [2.05, 4.69) is 16.0 Å². The molecular formula is C21H26FN3O2. The van der Waals surface area contributed by atoms with Crippen LogP contribution in [-0.4, -0.2) is 37.1 Å². The number of Topliss-reactive ketones (excluding diaryl/α,β-unsaturated/α-hetero) is 1. The maximum atomic E-state index is 12.5. The fourth-order valence-electron chi connectivity index (χ4n) is 2.64. The number of hydrogen-bond donors (Lipinski definition) is 3. The van der Waals surface area contributed by atoms with Crippen molar-refractivity contribution >= 4 is 11.8 Å². The Balaban J connectivity index is 1.91. The Bertz CT molecular complexity index is 710. The Morgan fingerprint density at radius 2 is 1.56 bits per heavy atom. The highest BCUT2D eigenvalue weighted by atomic mass is 19.1. The molecule has 0 aliphatic rings. The fraction of sp³-hybridized carbons (Fsp3) is 0.333. The van der Waals surface area contributed by atoms with Gasteiger partial charge in [-0.15, -0.1) is 0 Å². The van der Waals surface area contributed by atoms with Gasteiger partial charge in [0.05, 0.1) is 6.04 Å². The van der Waals surface area contributed by atoms with Crippen molar-refractivity contribution in [3.63, 3.8) is 0 Å². The molecule has 27 heavy (non-hydrogen) atoms. The largest absolute Gasteiger partial charge is 0.334 e. The smallest absolute Gasteiger partial charge is 0.315 e. The summed E-state index contributed by atoms with van der Waals surface area (Å²) in [4.78, 5) is 23.7. The van der Waals surface area contributed by atoms with Crippen LogP contribution in [0.3, 0.4) is 0 Å². The number of halogens is 1. The van der Waals surface area contributed by atoms with Gasteiger partial charge in [-0.05, 0) is 24.5 Å². The van der Waals surface area contributed by atoms with E-state index in [4.69, 9.17) is 0 Å². The molecule has 0 aliphatic heterocycles. The SMILES string of the molecule is CC(NC[C@H](Cc1ccccc1)NC(=O)NCc1ccccc1)C(=O)CF. The molecule has 0 fully saturated rings. The summed E-state index contributed by atoms with van der Waals surface area (Å²) < 4.78 is 12.5. The zero-order chi connectivity index (χ0) is 19.5. The topological polar surface area (TPSA) is 70.2 Å². The predicted octanol–water partition coefficient (Wildman–Crippen LogP) is 2.61. The molecule has 0 bridgehead atoms. The molecule has 0 heterocycles. The van der Waals surface area contributed by atoms with Gasteiger partial charge in [0.1, 0.15) is 6.67 Å². The maximum absolute atomic E-state index is 12.5. The van der Waals surface area contributed by atoms with Gasteiger partial charge in [0.25, 0.3) is 0 Å². The molecule has 0 aliphatic carbocycles. The third-order valence-corrected chi connectivity index (χ3v) is 4.24. The van der Waals surface area contributed by atoms with E-state index in [0.717, 1.165) is 11.1 Å². The first-order valence-corrected chi connectivity index (χ1v) is 9.02. The number of ketones is 1. The van der Waals surface area contributed by atoms with E-state index in [9.17, 15) is 14.0 Å². The van der Waals surface area contributed by atoms with Gasteiger partial charge in [-0.25, -0.2) is 9.18 Å². The number of urea groups is 1. The van der Waals surface area contributed by atoms with Crippen molar-refractivity contribution in [3.05, 3.63) is 71.8 Å². The van der Waals surface area contributed by atoms with E-state index < -0.39 is 18.5 Å². The summed E-state index contributed by atoms with van der Waals surface area (Å²) in [5.41, 5.74) is 2.07. The first-order chi connectivity index (χ1) is 13.1. The van der Waals surface area contributed by atoms with Crippen LogP contribution in [-0.2, 0) is 17.8 Å². The Hall–Kier alpha value is -2.73. The molecule has 2 rings (SSSR count). The Morgan fingerprint density at radius 3 is 2.15 bits per heavy atom. The van der Waals surface area contributed by atoms with Crippen LogP contribution in [0.15, 0.2) is 60.7 Å². The van der Waals surface area contributed by atoms with Crippen LogP contribution in [0.5, 0.6) is 0 Å². The molecular weight excluding hydrogens is 345 g/mol. The molecule has 0 spiro atoms. The van der Waals surface area contributed by atoms with E-state index in [1.165, 1.54) is 0 Å². The van der Waals surface area contributed by atoms with Crippen LogP contribution in [0.25, 0.3) is 0 Å². The number of alkyl halides is 1. The highest BCUT2D eigenvalue weighted by Gasteiger charge is 2.17. The second-order valence-corrected chi connectivity index (χ2v) is 6.43. The quantitative estimate of drug-likeness (QED) is 0.601. The standard InChI is InChI=1S/C21H26FN3O2/c1-16(20(26)13-22)23-15-19(12-17-8-4-2-5-9-17)25-21(27)24-14-18-10-6-3-7-11-18/h2-11,16,19,23H,12-15H2,1H3,(H2,24,25,27)/t16?,19-/m0/s1.